The summed E-state index contributed by atoms with van der Waals surface area (Å²) in [6.07, 6.45) is 0. The summed E-state index contributed by atoms with van der Waals surface area (Å²) in [4.78, 5) is 23.1. The first-order valence-corrected chi connectivity index (χ1v) is 6.31. The Bertz CT molecular complexity index is 429. The Morgan fingerprint density at radius 1 is 1.12 bits per heavy atom. The molecule has 1 aromatic carbocycles. The normalized spacial score (nSPS) is 9.82. The molecular weight excluding hydrogens is 335 g/mol. The van der Waals surface area contributed by atoms with Crippen LogP contribution in [0.1, 0.15) is 34.6 Å². The minimum Gasteiger partial charge on any atom is -0.462 e. The second kappa shape index (κ2) is 6.58. The van der Waals surface area contributed by atoms with E-state index in [-0.39, 0.29) is 0 Å². The molecule has 0 aliphatic rings. The van der Waals surface area contributed by atoms with Crippen molar-refractivity contribution in [2.75, 3.05) is 13.2 Å². The van der Waals surface area contributed by atoms with Crippen LogP contribution in [0.5, 0.6) is 0 Å². The molecule has 0 spiro atoms. The molecule has 1 aromatic rings. The van der Waals surface area contributed by atoms with Gasteiger partial charge in [-0.25, -0.2) is 9.59 Å². The number of carbonyl (C=O) groups is 2. The third-order valence-corrected chi connectivity index (χ3v) is 2.91. The van der Waals surface area contributed by atoms with E-state index in [4.69, 9.17) is 9.47 Å². The molecule has 0 unspecified atom stereocenters. The molecule has 0 aliphatic carbocycles. The van der Waals surface area contributed by atoms with Crippen molar-refractivity contribution in [1.29, 1.82) is 0 Å². The molecule has 17 heavy (non-hydrogen) atoms. The average molecular weight is 348 g/mol. The number of hydrogen-bond donors (Lipinski definition) is 0. The van der Waals surface area contributed by atoms with Crippen molar-refractivity contribution in [3.05, 3.63) is 32.9 Å². The molecule has 0 saturated carbocycles. The highest BCUT2D eigenvalue weighted by molar-refractivity contribution is 14.1. The van der Waals surface area contributed by atoms with Gasteiger partial charge in [-0.05, 0) is 54.6 Å². The Morgan fingerprint density at radius 3 is 2.29 bits per heavy atom. The van der Waals surface area contributed by atoms with Gasteiger partial charge in [0.15, 0.2) is 0 Å². The fourth-order valence-corrected chi connectivity index (χ4v) is 1.79. The van der Waals surface area contributed by atoms with E-state index in [1.54, 1.807) is 26.0 Å². The van der Waals surface area contributed by atoms with Gasteiger partial charge in [-0.1, -0.05) is 0 Å². The minimum absolute atomic E-state index is 0.304. The van der Waals surface area contributed by atoms with Crippen molar-refractivity contribution < 1.29 is 19.1 Å². The summed E-state index contributed by atoms with van der Waals surface area (Å²) in [7, 11) is 0. The zero-order chi connectivity index (χ0) is 12.8. The molecule has 5 heteroatoms. The highest BCUT2D eigenvalue weighted by atomic mass is 127. The van der Waals surface area contributed by atoms with Crippen LogP contribution in [0, 0.1) is 3.57 Å². The Labute approximate surface area is 113 Å². The van der Waals surface area contributed by atoms with Crippen molar-refractivity contribution >= 4 is 34.5 Å². The summed E-state index contributed by atoms with van der Waals surface area (Å²) in [5, 5.41) is 0. The van der Waals surface area contributed by atoms with Crippen LogP contribution in [0.15, 0.2) is 18.2 Å². The molecule has 0 saturated heterocycles. The summed E-state index contributed by atoms with van der Waals surface area (Å²) in [6, 6.07) is 4.82. The minimum atomic E-state index is -0.436. The maximum Gasteiger partial charge on any atom is 0.339 e. The van der Waals surface area contributed by atoms with Crippen LogP contribution < -0.4 is 0 Å². The second-order valence-electron chi connectivity index (χ2n) is 3.14. The van der Waals surface area contributed by atoms with E-state index in [1.165, 1.54) is 6.07 Å². The molecule has 0 aromatic heterocycles. The Kier molecular flexibility index (Phi) is 5.40. The summed E-state index contributed by atoms with van der Waals surface area (Å²) >= 11 is 2.02. The van der Waals surface area contributed by atoms with E-state index in [2.05, 4.69) is 0 Å². The van der Waals surface area contributed by atoms with Crippen molar-refractivity contribution in [1.82, 2.24) is 0 Å². The van der Waals surface area contributed by atoms with E-state index in [0.717, 1.165) is 3.57 Å². The molecule has 0 N–H and O–H groups in total. The molecule has 0 aliphatic heterocycles. The maximum atomic E-state index is 11.6. The fourth-order valence-electron chi connectivity index (χ4n) is 1.23. The topological polar surface area (TPSA) is 52.6 Å². The Balaban J connectivity index is 3.02. The van der Waals surface area contributed by atoms with Crippen LogP contribution in [0.25, 0.3) is 0 Å². The number of esters is 2. The highest BCUT2D eigenvalue weighted by Gasteiger charge is 2.15. The van der Waals surface area contributed by atoms with Gasteiger partial charge < -0.3 is 9.47 Å². The standard InChI is InChI=1S/C12H13IO4/c1-3-16-11(14)8-5-6-10(13)9(7-8)12(15)17-4-2/h5-7H,3-4H2,1-2H3. The van der Waals surface area contributed by atoms with Crippen molar-refractivity contribution in [3.8, 4) is 0 Å². The lowest BCUT2D eigenvalue weighted by Gasteiger charge is -2.07. The largest absolute Gasteiger partial charge is 0.462 e. The first-order chi connectivity index (χ1) is 8.10. The van der Waals surface area contributed by atoms with E-state index < -0.39 is 11.9 Å². The first-order valence-electron chi connectivity index (χ1n) is 5.24. The number of halogens is 1. The zero-order valence-corrected chi connectivity index (χ0v) is 11.8. The molecule has 92 valence electrons. The van der Waals surface area contributed by atoms with Gasteiger partial charge in [0.05, 0.1) is 24.3 Å². The van der Waals surface area contributed by atoms with Crippen molar-refractivity contribution in [2.24, 2.45) is 0 Å². The molecule has 0 fully saturated rings. The fraction of sp³-hybridized carbons (Fsp3) is 0.333. The molecule has 0 radical (unpaired) electrons. The Morgan fingerprint density at radius 2 is 1.71 bits per heavy atom. The van der Waals surface area contributed by atoms with Crippen LogP contribution >= 0.6 is 22.6 Å². The van der Waals surface area contributed by atoms with Gasteiger partial charge in [0, 0.05) is 3.57 Å². The lowest BCUT2D eigenvalue weighted by atomic mass is 10.1. The summed E-state index contributed by atoms with van der Waals surface area (Å²) in [5.74, 6) is -0.863. The predicted molar refractivity (Wildman–Crippen MR) is 71.1 cm³/mol. The van der Waals surface area contributed by atoms with Gasteiger partial charge in [-0.2, -0.15) is 0 Å². The monoisotopic (exact) mass is 348 g/mol. The first kappa shape index (κ1) is 14.0. The van der Waals surface area contributed by atoms with Crippen LogP contribution in [-0.4, -0.2) is 25.2 Å². The maximum absolute atomic E-state index is 11.6. The van der Waals surface area contributed by atoms with Crippen LogP contribution in [0.3, 0.4) is 0 Å². The molecule has 0 amide bonds. The number of rotatable bonds is 4. The van der Waals surface area contributed by atoms with Crippen LogP contribution in [-0.2, 0) is 9.47 Å². The van der Waals surface area contributed by atoms with Gasteiger partial charge in [0.2, 0.25) is 0 Å². The Hall–Kier alpha value is -1.11. The average Bonchev–Trinajstić information content (AvgIpc) is 2.30. The molecule has 0 bridgehead atoms. The van der Waals surface area contributed by atoms with E-state index in [1.807, 2.05) is 22.6 Å². The third-order valence-electron chi connectivity index (χ3n) is 1.97. The highest BCUT2D eigenvalue weighted by Crippen LogP contribution is 2.16. The molecule has 0 atom stereocenters. The quantitative estimate of drug-likeness (QED) is 0.620. The van der Waals surface area contributed by atoms with Gasteiger partial charge in [0.25, 0.3) is 0 Å². The molecule has 4 nitrogen and oxygen atoms in total. The van der Waals surface area contributed by atoms with E-state index in [9.17, 15) is 9.59 Å². The smallest absolute Gasteiger partial charge is 0.339 e. The van der Waals surface area contributed by atoms with E-state index >= 15 is 0 Å². The number of carbonyl (C=O) groups excluding carboxylic acids is 2. The van der Waals surface area contributed by atoms with Gasteiger partial charge in [-0.15, -0.1) is 0 Å². The second-order valence-corrected chi connectivity index (χ2v) is 4.30. The van der Waals surface area contributed by atoms with E-state index in [0.29, 0.717) is 24.3 Å². The summed E-state index contributed by atoms with van der Waals surface area (Å²) in [6.45, 7) is 4.08. The van der Waals surface area contributed by atoms with Crippen molar-refractivity contribution in [2.45, 2.75) is 13.8 Å². The lowest BCUT2D eigenvalue weighted by Crippen LogP contribution is -2.10. The van der Waals surface area contributed by atoms with Crippen LogP contribution in [0.2, 0.25) is 0 Å². The number of benzene rings is 1. The predicted octanol–water partition coefficient (Wildman–Crippen LogP) is 2.64. The lowest BCUT2D eigenvalue weighted by molar-refractivity contribution is 0.0524. The SMILES string of the molecule is CCOC(=O)c1ccc(I)c(C(=O)OCC)c1. The molecular formula is C12H13IO4. The zero-order valence-electron chi connectivity index (χ0n) is 9.66. The molecule has 1 rings (SSSR count). The number of hydrogen-bond acceptors (Lipinski definition) is 4. The van der Waals surface area contributed by atoms with Gasteiger partial charge >= 0.3 is 11.9 Å². The molecule has 0 heterocycles. The van der Waals surface area contributed by atoms with Crippen molar-refractivity contribution in [3.63, 3.8) is 0 Å². The van der Waals surface area contributed by atoms with Gasteiger partial charge in [-0.3, -0.25) is 0 Å². The summed E-state index contributed by atoms with van der Waals surface area (Å²) in [5.41, 5.74) is 0.744. The summed E-state index contributed by atoms with van der Waals surface area (Å²) < 4.78 is 10.5. The third kappa shape index (κ3) is 3.69. The van der Waals surface area contributed by atoms with Gasteiger partial charge in [0.1, 0.15) is 0 Å². The number of ether oxygens (including phenoxy) is 2. The van der Waals surface area contributed by atoms with Crippen LogP contribution in [0.4, 0.5) is 0 Å².